The lowest BCUT2D eigenvalue weighted by atomic mass is 9.66. The summed E-state index contributed by atoms with van der Waals surface area (Å²) in [6.45, 7) is 0. The highest BCUT2D eigenvalue weighted by Crippen LogP contribution is 2.65. The Morgan fingerprint density at radius 2 is 0.738 bits per heavy atom. The van der Waals surface area contributed by atoms with E-state index < -0.39 is 10.8 Å². The number of para-hydroxylation sites is 2. The third-order valence-corrected chi connectivity index (χ3v) is 15.6. The Morgan fingerprint density at radius 1 is 0.308 bits per heavy atom. The highest BCUT2D eigenvalue weighted by atomic mass is 32.2. The molecule has 2 heterocycles. The fourth-order valence-electron chi connectivity index (χ4n) is 11.9. The number of hydrogen-bond acceptors (Lipinski definition) is 3. The first-order valence-corrected chi connectivity index (χ1v) is 23.2. The second-order valence-electron chi connectivity index (χ2n) is 17.5. The van der Waals surface area contributed by atoms with Crippen molar-refractivity contribution in [1.82, 2.24) is 0 Å². The molecule has 0 radical (unpaired) electrons. The highest BCUT2D eigenvalue weighted by molar-refractivity contribution is 7.99. The molecule has 10 aromatic rings. The predicted octanol–water partition coefficient (Wildman–Crippen LogP) is 16.1. The van der Waals surface area contributed by atoms with Crippen LogP contribution in [0, 0.1) is 0 Å². The largest absolute Gasteiger partial charge is 0.457 e. The van der Waals surface area contributed by atoms with Crippen LogP contribution in [0.1, 0.15) is 44.5 Å². The molecule has 0 aromatic heterocycles. The maximum atomic E-state index is 6.95. The van der Waals surface area contributed by atoms with E-state index in [1.807, 2.05) is 11.8 Å². The van der Waals surface area contributed by atoms with Crippen molar-refractivity contribution in [2.75, 3.05) is 4.90 Å². The van der Waals surface area contributed by atoms with Crippen LogP contribution in [-0.4, -0.2) is 0 Å². The van der Waals surface area contributed by atoms with E-state index >= 15 is 0 Å². The number of ether oxygens (including phenoxy) is 1. The molecule has 304 valence electrons. The van der Waals surface area contributed by atoms with Gasteiger partial charge in [0, 0.05) is 37.9 Å². The first-order chi connectivity index (χ1) is 32.2. The van der Waals surface area contributed by atoms with Crippen molar-refractivity contribution < 1.29 is 4.74 Å². The van der Waals surface area contributed by atoms with E-state index in [0.29, 0.717) is 0 Å². The van der Waals surface area contributed by atoms with Crippen LogP contribution < -0.4 is 9.64 Å². The van der Waals surface area contributed by atoms with Crippen LogP contribution in [0.25, 0.3) is 33.4 Å². The summed E-state index contributed by atoms with van der Waals surface area (Å²) in [4.78, 5) is 5.06. The summed E-state index contributed by atoms with van der Waals surface area (Å²) >= 11 is 1.88. The number of fused-ring (bicyclic) bond motifs is 18. The van der Waals surface area contributed by atoms with E-state index in [1.165, 1.54) is 65.4 Å². The third-order valence-electron chi connectivity index (χ3n) is 14.4. The van der Waals surface area contributed by atoms with Crippen LogP contribution in [0.3, 0.4) is 0 Å². The molecule has 0 N–H and O–H groups in total. The number of hydrogen-bond donors (Lipinski definition) is 0. The molecule has 65 heavy (non-hydrogen) atoms. The van der Waals surface area contributed by atoms with Gasteiger partial charge in [-0.3, -0.25) is 0 Å². The topological polar surface area (TPSA) is 12.5 Å². The molecule has 2 nitrogen and oxygen atoms in total. The van der Waals surface area contributed by atoms with E-state index in [0.717, 1.165) is 50.8 Å². The highest BCUT2D eigenvalue weighted by Gasteiger charge is 2.52. The molecular formula is C62H39NOS. The quantitative estimate of drug-likeness (QED) is 0.175. The Labute approximate surface area is 383 Å². The molecule has 0 fully saturated rings. The fraction of sp³-hybridized carbons (Fsp3) is 0.0323. The average molecular weight is 846 g/mol. The van der Waals surface area contributed by atoms with E-state index in [-0.39, 0.29) is 0 Å². The summed E-state index contributed by atoms with van der Waals surface area (Å²) in [7, 11) is 0. The lowest BCUT2D eigenvalue weighted by molar-refractivity contribution is 0.436. The molecule has 0 unspecified atom stereocenters. The summed E-state index contributed by atoms with van der Waals surface area (Å²) in [5, 5.41) is 0. The summed E-state index contributed by atoms with van der Waals surface area (Å²) in [5.74, 6) is 1.76. The fourth-order valence-corrected chi connectivity index (χ4v) is 13.1. The first-order valence-electron chi connectivity index (χ1n) is 22.4. The Kier molecular flexibility index (Phi) is 7.79. The summed E-state index contributed by atoms with van der Waals surface area (Å²) < 4.78 is 6.95. The van der Waals surface area contributed by atoms with Crippen molar-refractivity contribution in [3.05, 3.63) is 281 Å². The zero-order chi connectivity index (χ0) is 42.7. The standard InChI is InChI=1S/C62H39NOS/c1-2-18-40(19-3-1)43-20-8-15-31-56(43)63(41-34-36-58-54(38-41)61(52-29-13-16-32-57(52)64-58)48-25-9-4-21-44(48)45-22-5-10-26-49(45)61)42-35-37-60-55(39-42)62(53-30-14-17-33-59(53)65-60)50-27-11-6-23-46(50)47-24-7-12-28-51(47)62/h1-39H. The van der Waals surface area contributed by atoms with Gasteiger partial charge in [0.15, 0.2) is 0 Å². The van der Waals surface area contributed by atoms with Gasteiger partial charge >= 0.3 is 0 Å². The van der Waals surface area contributed by atoms with Crippen LogP contribution in [0.4, 0.5) is 17.1 Å². The van der Waals surface area contributed by atoms with E-state index in [9.17, 15) is 0 Å². The van der Waals surface area contributed by atoms with Gasteiger partial charge in [-0.25, -0.2) is 0 Å². The zero-order valence-electron chi connectivity index (χ0n) is 35.3. The van der Waals surface area contributed by atoms with Crippen molar-refractivity contribution in [1.29, 1.82) is 0 Å². The van der Waals surface area contributed by atoms with E-state index in [2.05, 4.69) is 241 Å². The van der Waals surface area contributed by atoms with E-state index in [1.54, 1.807) is 0 Å². The predicted molar refractivity (Wildman–Crippen MR) is 265 cm³/mol. The molecule has 0 bridgehead atoms. The number of benzene rings is 10. The van der Waals surface area contributed by atoms with Crippen molar-refractivity contribution in [3.63, 3.8) is 0 Å². The van der Waals surface area contributed by atoms with Gasteiger partial charge in [0.05, 0.1) is 16.5 Å². The van der Waals surface area contributed by atoms with Gasteiger partial charge in [0.2, 0.25) is 0 Å². The smallest absolute Gasteiger partial charge is 0.132 e. The first kappa shape index (κ1) is 36.6. The number of anilines is 3. The number of nitrogens with zero attached hydrogens (tertiary/aromatic N) is 1. The van der Waals surface area contributed by atoms with Crippen LogP contribution in [0.2, 0.25) is 0 Å². The molecule has 2 aliphatic heterocycles. The summed E-state index contributed by atoms with van der Waals surface area (Å²) in [6.07, 6.45) is 0. The molecule has 2 aliphatic carbocycles. The van der Waals surface area contributed by atoms with Gasteiger partial charge < -0.3 is 9.64 Å². The minimum absolute atomic E-state index is 0.514. The molecule has 3 heteroatoms. The monoisotopic (exact) mass is 845 g/mol. The maximum absolute atomic E-state index is 6.95. The van der Waals surface area contributed by atoms with Gasteiger partial charge in [0.25, 0.3) is 0 Å². The molecular weight excluding hydrogens is 807 g/mol. The van der Waals surface area contributed by atoms with Crippen molar-refractivity contribution in [2.24, 2.45) is 0 Å². The average Bonchev–Trinajstić information content (AvgIpc) is 3.83. The van der Waals surface area contributed by atoms with Gasteiger partial charge in [0.1, 0.15) is 11.5 Å². The van der Waals surface area contributed by atoms with Crippen molar-refractivity contribution in [2.45, 2.75) is 20.6 Å². The van der Waals surface area contributed by atoms with Crippen molar-refractivity contribution >= 4 is 28.8 Å². The van der Waals surface area contributed by atoms with Crippen LogP contribution in [0.15, 0.2) is 246 Å². The Hall–Kier alpha value is -7.85. The van der Waals surface area contributed by atoms with Gasteiger partial charge in [-0.1, -0.05) is 194 Å². The molecule has 0 saturated carbocycles. The summed E-state index contributed by atoms with van der Waals surface area (Å²) in [6, 6.07) is 87.5. The number of rotatable bonds is 4. The molecule has 0 amide bonds. The van der Waals surface area contributed by atoms with Gasteiger partial charge in [-0.05, 0) is 116 Å². The third kappa shape index (κ3) is 4.91. The molecule has 0 saturated heterocycles. The van der Waals surface area contributed by atoms with E-state index in [4.69, 9.17) is 4.74 Å². The van der Waals surface area contributed by atoms with Crippen LogP contribution in [-0.2, 0) is 10.8 Å². The molecule has 4 aliphatic rings. The SMILES string of the molecule is c1ccc(-c2ccccc2N(c2ccc3c(c2)C2(c4ccccc4O3)c3ccccc3-c3ccccc32)c2ccc3c(c2)C2(c4ccccc4S3)c3ccccc3-c3ccccc32)cc1. The normalized spacial score (nSPS) is 14.5. The lowest BCUT2D eigenvalue weighted by Crippen LogP contribution is -2.32. The van der Waals surface area contributed by atoms with Crippen LogP contribution in [0.5, 0.6) is 11.5 Å². The van der Waals surface area contributed by atoms with Crippen molar-refractivity contribution in [3.8, 4) is 44.9 Å². The maximum Gasteiger partial charge on any atom is 0.132 e. The van der Waals surface area contributed by atoms with Gasteiger partial charge in [-0.15, -0.1) is 0 Å². The Balaban J connectivity index is 1.06. The second kappa shape index (κ2) is 13.8. The molecule has 0 atom stereocenters. The minimum atomic E-state index is -0.602. The lowest BCUT2D eigenvalue weighted by Gasteiger charge is -2.41. The van der Waals surface area contributed by atoms with Crippen LogP contribution >= 0.6 is 11.8 Å². The molecule has 14 rings (SSSR count). The molecule has 2 spiro atoms. The Morgan fingerprint density at radius 3 is 1.37 bits per heavy atom. The van der Waals surface area contributed by atoms with Gasteiger partial charge in [-0.2, -0.15) is 0 Å². The molecule has 10 aromatic carbocycles. The summed E-state index contributed by atoms with van der Waals surface area (Å²) in [5.41, 5.74) is 19.7. The minimum Gasteiger partial charge on any atom is -0.457 e. The Bertz CT molecular complexity index is 3300. The zero-order valence-corrected chi connectivity index (χ0v) is 36.1. The second-order valence-corrected chi connectivity index (χ2v) is 18.5.